The van der Waals surface area contributed by atoms with Gasteiger partial charge in [-0.25, -0.2) is 0 Å². The molecular formula is C12H11ClINS. The number of hydrogen-bond acceptors (Lipinski definition) is 2. The first kappa shape index (κ1) is 12.4. The SMILES string of the molecule is Cc1cc(C(N)c2ccccc2I)sc1Cl. The molecular weight excluding hydrogens is 353 g/mol. The van der Waals surface area contributed by atoms with Gasteiger partial charge in [0.2, 0.25) is 0 Å². The van der Waals surface area contributed by atoms with Crippen molar-refractivity contribution < 1.29 is 0 Å². The summed E-state index contributed by atoms with van der Waals surface area (Å²) in [6, 6.07) is 10.2. The zero-order valence-electron chi connectivity index (χ0n) is 8.71. The summed E-state index contributed by atoms with van der Waals surface area (Å²) in [5.74, 6) is 0. The van der Waals surface area contributed by atoms with E-state index in [0.717, 1.165) is 20.3 Å². The summed E-state index contributed by atoms with van der Waals surface area (Å²) in [6.45, 7) is 2.00. The minimum absolute atomic E-state index is 0.0794. The van der Waals surface area contributed by atoms with E-state index in [0.29, 0.717) is 0 Å². The quantitative estimate of drug-likeness (QED) is 0.788. The molecule has 0 spiro atoms. The number of benzene rings is 1. The van der Waals surface area contributed by atoms with Gasteiger partial charge in [-0.3, -0.25) is 0 Å². The number of halogens is 2. The van der Waals surface area contributed by atoms with Gasteiger partial charge in [-0.15, -0.1) is 11.3 Å². The predicted octanol–water partition coefficient (Wildman–Crippen LogP) is 4.36. The van der Waals surface area contributed by atoms with Gasteiger partial charge in [-0.05, 0) is 52.8 Å². The zero-order valence-corrected chi connectivity index (χ0v) is 12.4. The van der Waals surface area contributed by atoms with Crippen LogP contribution >= 0.6 is 45.5 Å². The molecule has 1 atom stereocenters. The summed E-state index contributed by atoms with van der Waals surface area (Å²) in [5, 5.41) is 0. The molecule has 1 nitrogen and oxygen atoms in total. The summed E-state index contributed by atoms with van der Waals surface area (Å²) in [7, 11) is 0. The molecule has 0 aliphatic rings. The molecule has 2 rings (SSSR count). The van der Waals surface area contributed by atoms with Crippen molar-refractivity contribution >= 4 is 45.5 Å². The fourth-order valence-electron chi connectivity index (χ4n) is 1.52. The second kappa shape index (κ2) is 5.04. The smallest absolute Gasteiger partial charge is 0.0961 e. The second-order valence-corrected chi connectivity index (χ2v) is 6.45. The first-order chi connectivity index (χ1) is 7.59. The van der Waals surface area contributed by atoms with Crippen LogP contribution in [0.2, 0.25) is 4.34 Å². The van der Waals surface area contributed by atoms with Crippen molar-refractivity contribution in [2.75, 3.05) is 0 Å². The minimum Gasteiger partial charge on any atom is -0.320 e. The molecule has 0 aliphatic heterocycles. The largest absolute Gasteiger partial charge is 0.320 e. The lowest BCUT2D eigenvalue weighted by molar-refractivity contribution is 0.886. The molecule has 0 aliphatic carbocycles. The summed E-state index contributed by atoms with van der Waals surface area (Å²) in [6.07, 6.45) is 0. The van der Waals surface area contributed by atoms with Crippen molar-refractivity contribution in [1.29, 1.82) is 0 Å². The maximum Gasteiger partial charge on any atom is 0.0961 e. The topological polar surface area (TPSA) is 26.0 Å². The Morgan fingerprint density at radius 2 is 2.06 bits per heavy atom. The van der Waals surface area contributed by atoms with E-state index in [9.17, 15) is 0 Å². The van der Waals surface area contributed by atoms with Gasteiger partial charge in [-0.2, -0.15) is 0 Å². The van der Waals surface area contributed by atoms with E-state index in [1.54, 1.807) is 11.3 Å². The highest BCUT2D eigenvalue weighted by Crippen LogP contribution is 2.34. The Morgan fingerprint density at radius 3 is 2.62 bits per heavy atom. The van der Waals surface area contributed by atoms with E-state index in [4.69, 9.17) is 17.3 Å². The van der Waals surface area contributed by atoms with Gasteiger partial charge in [0.1, 0.15) is 0 Å². The van der Waals surface area contributed by atoms with Crippen LogP contribution in [-0.2, 0) is 0 Å². The van der Waals surface area contributed by atoms with Gasteiger partial charge in [-0.1, -0.05) is 29.8 Å². The minimum atomic E-state index is -0.0794. The number of aryl methyl sites for hydroxylation is 1. The number of nitrogens with two attached hydrogens (primary N) is 1. The van der Waals surface area contributed by atoms with E-state index in [2.05, 4.69) is 40.8 Å². The fourth-order valence-corrected chi connectivity index (χ4v) is 3.48. The maximum absolute atomic E-state index is 6.25. The average Bonchev–Trinajstić information content (AvgIpc) is 2.59. The molecule has 0 fully saturated rings. The van der Waals surface area contributed by atoms with Crippen molar-refractivity contribution in [1.82, 2.24) is 0 Å². The molecule has 0 radical (unpaired) electrons. The van der Waals surface area contributed by atoms with E-state index in [-0.39, 0.29) is 6.04 Å². The van der Waals surface area contributed by atoms with Crippen molar-refractivity contribution in [3.05, 3.63) is 54.2 Å². The molecule has 0 saturated heterocycles. The Balaban J connectivity index is 2.39. The van der Waals surface area contributed by atoms with Gasteiger partial charge < -0.3 is 5.73 Å². The van der Waals surface area contributed by atoms with Crippen molar-refractivity contribution in [3.8, 4) is 0 Å². The lowest BCUT2D eigenvalue weighted by Gasteiger charge is -2.11. The van der Waals surface area contributed by atoms with Gasteiger partial charge in [0.15, 0.2) is 0 Å². The van der Waals surface area contributed by atoms with Crippen LogP contribution in [0, 0.1) is 10.5 Å². The number of hydrogen-bond donors (Lipinski definition) is 1. The van der Waals surface area contributed by atoms with Crippen LogP contribution in [0.4, 0.5) is 0 Å². The first-order valence-corrected chi connectivity index (χ1v) is 7.12. The Labute approximate surface area is 118 Å². The van der Waals surface area contributed by atoms with Gasteiger partial charge in [0.05, 0.1) is 10.4 Å². The van der Waals surface area contributed by atoms with E-state index >= 15 is 0 Å². The third-order valence-electron chi connectivity index (χ3n) is 2.42. The summed E-state index contributed by atoms with van der Waals surface area (Å²) < 4.78 is 2.02. The number of rotatable bonds is 2. The van der Waals surface area contributed by atoms with Gasteiger partial charge >= 0.3 is 0 Å². The average molecular weight is 364 g/mol. The molecule has 16 heavy (non-hydrogen) atoms. The maximum atomic E-state index is 6.25. The molecule has 2 aromatic rings. The van der Waals surface area contributed by atoms with Crippen LogP contribution in [0.25, 0.3) is 0 Å². The number of thiophene rings is 1. The van der Waals surface area contributed by atoms with Crippen LogP contribution in [0.1, 0.15) is 22.0 Å². The molecule has 1 aromatic carbocycles. The van der Waals surface area contributed by atoms with Crippen LogP contribution in [0.3, 0.4) is 0 Å². The Hall–Kier alpha value is -0.100. The summed E-state index contributed by atoms with van der Waals surface area (Å²) in [4.78, 5) is 1.12. The van der Waals surface area contributed by atoms with E-state index in [1.165, 1.54) is 3.57 Å². The molecule has 0 bridgehead atoms. The first-order valence-electron chi connectivity index (χ1n) is 4.85. The van der Waals surface area contributed by atoms with Crippen LogP contribution in [0.15, 0.2) is 30.3 Å². The summed E-state index contributed by atoms with van der Waals surface area (Å²) in [5.41, 5.74) is 8.50. The lowest BCUT2D eigenvalue weighted by Crippen LogP contribution is -2.11. The van der Waals surface area contributed by atoms with Crippen molar-refractivity contribution in [3.63, 3.8) is 0 Å². The fraction of sp³-hybridized carbons (Fsp3) is 0.167. The lowest BCUT2D eigenvalue weighted by atomic mass is 10.1. The monoisotopic (exact) mass is 363 g/mol. The highest BCUT2D eigenvalue weighted by molar-refractivity contribution is 14.1. The molecule has 1 heterocycles. The van der Waals surface area contributed by atoms with E-state index in [1.807, 2.05) is 19.1 Å². The summed E-state index contributed by atoms with van der Waals surface area (Å²) >= 11 is 9.93. The molecule has 84 valence electrons. The Morgan fingerprint density at radius 1 is 1.38 bits per heavy atom. The molecule has 0 saturated carbocycles. The highest BCUT2D eigenvalue weighted by atomic mass is 127. The predicted molar refractivity (Wildman–Crippen MR) is 79.3 cm³/mol. The molecule has 4 heteroatoms. The van der Waals surface area contributed by atoms with Crippen LogP contribution in [-0.4, -0.2) is 0 Å². The molecule has 2 N–H and O–H groups in total. The van der Waals surface area contributed by atoms with Gasteiger partial charge in [0.25, 0.3) is 0 Å². The van der Waals surface area contributed by atoms with Crippen molar-refractivity contribution in [2.45, 2.75) is 13.0 Å². The standard InChI is InChI=1S/C12H11ClINS/c1-7-6-10(16-12(7)13)11(15)8-4-2-3-5-9(8)14/h2-6,11H,15H2,1H3. The third kappa shape index (κ3) is 2.42. The Kier molecular flexibility index (Phi) is 3.89. The van der Waals surface area contributed by atoms with Crippen LogP contribution in [0.5, 0.6) is 0 Å². The molecule has 1 unspecified atom stereocenters. The van der Waals surface area contributed by atoms with Crippen molar-refractivity contribution in [2.24, 2.45) is 5.73 Å². The zero-order chi connectivity index (χ0) is 11.7. The van der Waals surface area contributed by atoms with Gasteiger partial charge in [0, 0.05) is 8.45 Å². The third-order valence-corrected chi connectivity index (χ3v) is 5.04. The van der Waals surface area contributed by atoms with Crippen LogP contribution < -0.4 is 5.73 Å². The second-order valence-electron chi connectivity index (χ2n) is 3.60. The Bertz CT molecular complexity index is 490. The normalized spacial score (nSPS) is 12.8. The molecule has 1 aromatic heterocycles. The highest BCUT2D eigenvalue weighted by Gasteiger charge is 2.15. The molecule has 0 amide bonds. The van der Waals surface area contributed by atoms with E-state index < -0.39 is 0 Å².